The SMILES string of the molecule is CN(C(=O)C1CCCC1)C1CCCNCC1. The lowest BCUT2D eigenvalue weighted by atomic mass is 10.0. The maximum atomic E-state index is 12.3. The van der Waals surface area contributed by atoms with E-state index >= 15 is 0 Å². The Morgan fingerprint density at radius 1 is 1.06 bits per heavy atom. The zero-order valence-electron chi connectivity index (χ0n) is 10.4. The summed E-state index contributed by atoms with van der Waals surface area (Å²) in [6, 6.07) is 0.475. The number of carbonyl (C=O) groups is 1. The molecule has 1 aliphatic heterocycles. The zero-order chi connectivity index (χ0) is 11.4. The van der Waals surface area contributed by atoms with Gasteiger partial charge in [0, 0.05) is 19.0 Å². The van der Waals surface area contributed by atoms with Gasteiger partial charge in [-0.2, -0.15) is 0 Å². The number of rotatable bonds is 2. The first-order valence-corrected chi connectivity index (χ1v) is 6.76. The van der Waals surface area contributed by atoms with Gasteiger partial charge in [0.15, 0.2) is 0 Å². The van der Waals surface area contributed by atoms with Crippen LogP contribution in [0.4, 0.5) is 0 Å². The van der Waals surface area contributed by atoms with Crippen LogP contribution in [0.25, 0.3) is 0 Å². The van der Waals surface area contributed by atoms with Gasteiger partial charge in [-0.15, -0.1) is 0 Å². The van der Waals surface area contributed by atoms with E-state index in [2.05, 4.69) is 5.32 Å². The molecule has 1 saturated carbocycles. The number of carbonyl (C=O) groups excluding carboxylic acids is 1. The molecule has 1 N–H and O–H groups in total. The van der Waals surface area contributed by atoms with E-state index in [4.69, 9.17) is 0 Å². The molecule has 1 unspecified atom stereocenters. The summed E-state index contributed by atoms with van der Waals surface area (Å²) in [5, 5.41) is 3.40. The summed E-state index contributed by atoms with van der Waals surface area (Å²) >= 11 is 0. The first-order valence-electron chi connectivity index (χ1n) is 6.76. The van der Waals surface area contributed by atoms with Crippen molar-refractivity contribution in [2.24, 2.45) is 5.92 Å². The van der Waals surface area contributed by atoms with Gasteiger partial charge < -0.3 is 10.2 Å². The molecule has 1 aliphatic carbocycles. The summed E-state index contributed by atoms with van der Waals surface area (Å²) in [6.45, 7) is 2.18. The van der Waals surface area contributed by atoms with Crippen molar-refractivity contribution in [1.82, 2.24) is 10.2 Å². The second-order valence-corrected chi connectivity index (χ2v) is 5.27. The van der Waals surface area contributed by atoms with E-state index in [1.807, 2.05) is 11.9 Å². The number of hydrogen-bond donors (Lipinski definition) is 1. The van der Waals surface area contributed by atoms with Crippen LogP contribution >= 0.6 is 0 Å². The summed E-state index contributed by atoms with van der Waals surface area (Å²) in [5.41, 5.74) is 0. The van der Waals surface area contributed by atoms with Crippen molar-refractivity contribution in [3.05, 3.63) is 0 Å². The summed E-state index contributed by atoms with van der Waals surface area (Å²) in [4.78, 5) is 14.3. The molecule has 1 heterocycles. The molecule has 2 aliphatic rings. The van der Waals surface area contributed by atoms with Crippen molar-refractivity contribution in [2.75, 3.05) is 20.1 Å². The van der Waals surface area contributed by atoms with E-state index in [1.54, 1.807) is 0 Å². The summed E-state index contributed by atoms with van der Waals surface area (Å²) in [7, 11) is 2.01. The first-order chi connectivity index (χ1) is 7.79. The molecule has 0 aromatic rings. The molecule has 3 nitrogen and oxygen atoms in total. The Bertz CT molecular complexity index is 228. The number of hydrogen-bond acceptors (Lipinski definition) is 2. The van der Waals surface area contributed by atoms with Gasteiger partial charge >= 0.3 is 0 Å². The minimum atomic E-state index is 0.334. The van der Waals surface area contributed by atoms with Gasteiger partial charge in [0.05, 0.1) is 0 Å². The van der Waals surface area contributed by atoms with Crippen molar-refractivity contribution >= 4 is 5.91 Å². The van der Waals surface area contributed by atoms with Gasteiger partial charge in [-0.25, -0.2) is 0 Å². The highest BCUT2D eigenvalue weighted by Crippen LogP contribution is 2.27. The molecule has 0 aromatic carbocycles. The van der Waals surface area contributed by atoms with E-state index in [1.165, 1.54) is 25.7 Å². The van der Waals surface area contributed by atoms with Crippen molar-refractivity contribution in [1.29, 1.82) is 0 Å². The Labute approximate surface area is 98.6 Å². The number of nitrogens with zero attached hydrogens (tertiary/aromatic N) is 1. The average molecular weight is 224 g/mol. The molecular weight excluding hydrogens is 200 g/mol. The summed E-state index contributed by atoms with van der Waals surface area (Å²) in [6.07, 6.45) is 8.22. The molecule has 0 spiro atoms. The van der Waals surface area contributed by atoms with Crippen LogP contribution in [0.5, 0.6) is 0 Å². The second kappa shape index (κ2) is 5.67. The maximum Gasteiger partial charge on any atom is 0.225 e. The lowest BCUT2D eigenvalue weighted by Gasteiger charge is -2.29. The van der Waals surface area contributed by atoms with Crippen LogP contribution in [-0.2, 0) is 4.79 Å². The Morgan fingerprint density at radius 3 is 2.56 bits per heavy atom. The summed E-state index contributed by atoms with van der Waals surface area (Å²) < 4.78 is 0. The smallest absolute Gasteiger partial charge is 0.225 e. The number of nitrogens with one attached hydrogen (secondary N) is 1. The van der Waals surface area contributed by atoms with Crippen molar-refractivity contribution in [2.45, 2.75) is 51.0 Å². The molecule has 1 amide bonds. The molecule has 2 fully saturated rings. The van der Waals surface area contributed by atoms with Gasteiger partial charge in [0.1, 0.15) is 0 Å². The largest absolute Gasteiger partial charge is 0.342 e. The fraction of sp³-hybridized carbons (Fsp3) is 0.923. The molecule has 0 bridgehead atoms. The topological polar surface area (TPSA) is 32.3 Å². The van der Waals surface area contributed by atoms with E-state index in [0.717, 1.165) is 32.4 Å². The fourth-order valence-electron chi connectivity index (χ4n) is 3.03. The van der Waals surface area contributed by atoms with Crippen LogP contribution in [0.1, 0.15) is 44.9 Å². The third kappa shape index (κ3) is 2.76. The quantitative estimate of drug-likeness (QED) is 0.775. The summed E-state index contributed by atoms with van der Waals surface area (Å²) in [5.74, 6) is 0.741. The Balaban J connectivity index is 1.88. The standard InChI is InChI=1S/C13H24N2O/c1-15(12-7-4-9-14-10-8-12)13(16)11-5-2-3-6-11/h11-12,14H,2-10H2,1H3. The minimum absolute atomic E-state index is 0.334. The number of amides is 1. The zero-order valence-corrected chi connectivity index (χ0v) is 10.4. The third-order valence-corrected chi connectivity index (χ3v) is 4.15. The van der Waals surface area contributed by atoms with E-state index in [0.29, 0.717) is 17.9 Å². The predicted octanol–water partition coefficient (Wildman–Crippen LogP) is 1.78. The molecule has 16 heavy (non-hydrogen) atoms. The molecule has 1 atom stereocenters. The van der Waals surface area contributed by atoms with Crippen LogP contribution in [0.3, 0.4) is 0 Å². The lowest BCUT2D eigenvalue weighted by Crippen LogP contribution is -2.40. The van der Waals surface area contributed by atoms with Crippen LogP contribution in [0.2, 0.25) is 0 Å². The molecule has 1 saturated heterocycles. The first kappa shape index (κ1) is 11.9. The predicted molar refractivity (Wildman–Crippen MR) is 65.2 cm³/mol. The van der Waals surface area contributed by atoms with Gasteiger partial charge in [0.25, 0.3) is 0 Å². The van der Waals surface area contributed by atoms with Gasteiger partial charge in [-0.3, -0.25) is 4.79 Å². The van der Waals surface area contributed by atoms with E-state index in [-0.39, 0.29) is 0 Å². The normalized spacial score (nSPS) is 27.7. The Kier molecular flexibility index (Phi) is 4.22. The van der Waals surface area contributed by atoms with Crippen molar-refractivity contribution < 1.29 is 4.79 Å². The van der Waals surface area contributed by atoms with Crippen LogP contribution in [0.15, 0.2) is 0 Å². The monoisotopic (exact) mass is 224 g/mol. The van der Waals surface area contributed by atoms with E-state index < -0.39 is 0 Å². The van der Waals surface area contributed by atoms with Gasteiger partial charge in [0.2, 0.25) is 5.91 Å². The molecule has 0 radical (unpaired) electrons. The van der Waals surface area contributed by atoms with Crippen LogP contribution in [0, 0.1) is 5.92 Å². The van der Waals surface area contributed by atoms with Crippen molar-refractivity contribution in [3.8, 4) is 0 Å². The van der Waals surface area contributed by atoms with Gasteiger partial charge in [-0.1, -0.05) is 12.8 Å². The second-order valence-electron chi connectivity index (χ2n) is 5.27. The minimum Gasteiger partial charge on any atom is -0.342 e. The van der Waals surface area contributed by atoms with Gasteiger partial charge in [-0.05, 0) is 45.2 Å². The highest BCUT2D eigenvalue weighted by molar-refractivity contribution is 5.79. The van der Waals surface area contributed by atoms with Crippen molar-refractivity contribution in [3.63, 3.8) is 0 Å². The molecule has 2 rings (SSSR count). The Hall–Kier alpha value is -0.570. The van der Waals surface area contributed by atoms with Crippen LogP contribution in [-0.4, -0.2) is 37.0 Å². The average Bonchev–Trinajstić information content (AvgIpc) is 2.70. The molecule has 3 heteroatoms. The molecular formula is C13H24N2O. The maximum absolute atomic E-state index is 12.3. The third-order valence-electron chi connectivity index (χ3n) is 4.15. The lowest BCUT2D eigenvalue weighted by molar-refractivity contribution is -0.136. The Morgan fingerprint density at radius 2 is 1.81 bits per heavy atom. The molecule has 0 aromatic heterocycles. The molecule has 92 valence electrons. The van der Waals surface area contributed by atoms with E-state index in [9.17, 15) is 4.79 Å². The highest BCUT2D eigenvalue weighted by Gasteiger charge is 2.29. The highest BCUT2D eigenvalue weighted by atomic mass is 16.2. The fourth-order valence-corrected chi connectivity index (χ4v) is 3.03. The van der Waals surface area contributed by atoms with Crippen LogP contribution < -0.4 is 5.32 Å².